The molecule has 88 valence electrons. The van der Waals surface area contributed by atoms with Crippen molar-refractivity contribution >= 4 is 11.8 Å². The van der Waals surface area contributed by atoms with Gasteiger partial charge < -0.3 is 16.4 Å². The van der Waals surface area contributed by atoms with Gasteiger partial charge in [0.05, 0.1) is 6.04 Å². The maximum Gasteiger partial charge on any atom is 0.242 e. The van der Waals surface area contributed by atoms with Crippen molar-refractivity contribution in [1.82, 2.24) is 10.6 Å². The summed E-state index contributed by atoms with van der Waals surface area (Å²) < 4.78 is 0. The molecular formula is C10H21N3O2. The molecule has 0 saturated heterocycles. The summed E-state index contributed by atoms with van der Waals surface area (Å²) in [4.78, 5) is 22.8. The van der Waals surface area contributed by atoms with Crippen molar-refractivity contribution in [3.63, 3.8) is 0 Å². The summed E-state index contributed by atoms with van der Waals surface area (Å²) in [6.45, 7) is 7.25. The lowest BCUT2D eigenvalue weighted by atomic mass is 9.87. The average molecular weight is 215 g/mol. The molecule has 0 saturated carbocycles. The first-order valence-electron chi connectivity index (χ1n) is 4.97. The van der Waals surface area contributed by atoms with Crippen LogP contribution in [0.15, 0.2) is 0 Å². The molecule has 0 aromatic heterocycles. The Kier molecular flexibility index (Phi) is 4.74. The van der Waals surface area contributed by atoms with Gasteiger partial charge in [0.15, 0.2) is 0 Å². The van der Waals surface area contributed by atoms with Crippen LogP contribution in [-0.4, -0.2) is 30.9 Å². The van der Waals surface area contributed by atoms with Crippen LogP contribution < -0.4 is 16.4 Å². The fraction of sp³-hybridized carbons (Fsp3) is 0.800. The van der Waals surface area contributed by atoms with Gasteiger partial charge in [-0.05, 0) is 12.3 Å². The monoisotopic (exact) mass is 215 g/mol. The first-order valence-corrected chi connectivity index (χ1v) is 4.97. The Morgan fingerprint density at radius 1 is 1.20 bits per heavy atom. The van der Waals surface area contributed by atoms with Crippen molar-refractivity contribution in [3.8, 4) is 0 Å². The maximum atomic E-state index is 11.6. The van der Waals surface area contributed by atoms with Crippen LogP contribution in [0.25, 0.3) is 0 Å². The molecule has 0 heterocycles. The van der Waals surface area contributed by atoms with Crippen molar-refractivity contribution in [2.24, 2.45) is 11.1 Å². The molecule has 5 heteroatoms. The van der Waals surface area contributed by atoms with Crippen LogP contribution in [0.3, 0.4) is 0 Å². The molecule has 0 aliphatic heterocycles. The van der Waals surface area contributed by atoms with Crippen LogP contribution in [-0.2, 0) is 9.59 Å². The number of carbonyl (C=O) groups excluding carboxylic acids is 2. The summed E-state index contributed by atoms with van der Waals surface area (Å²) in [5.74, 6) is -0.539. The molecule has 0 spiro atoms. The molecule has 2 amide bonds. The molecule has 4 N–H and O–H groups in total. The van der Waals surface area contributed by atoms with E-state index in [1.165, 1.54) is 7.05 Å². The minimum Gasteiger partial charge on any atom is -0.357 e. The minimum absolute atomic E-state index is 0.232. The van der Waals surface area contributed by atoms with E-state index < -0.39 is 12.1 Å². The fourth-order valence-corrected chi connectivity index (χ4v) is 0.979. The predicted molar refractivity (Wildman–Crippen MR) is 59.1 cm³/mol. The van der Waals surface area contributed by atoms with Crippen LogP contribution in [0.1, 0.15) is 27.7 Å². The summed E-state index contributed by atoms with van der Waals surface area (Å²) in [5, 5.41) is 5.01. The SMILES string of the molecule is CNC(=O)C(C)NC(=O)[C@H](N)C(C)(C)C. The number of amides is 2. The summed E-state index contributed by atoms with van der Waals surface area (Å²) in [6.07, 6.45) is 0. The molecule has 0 aliphatic rings. The third kappa shape index (κ3) is 4.29. The third-order valence-electron chi connectivity index (χ3n) is 2.21. The summed E-state index contributed by atoms with van der Waals surface area (Å²) in [7, 11) is 1.52. The second-order valence-corrected chi connectivity index (χ2v) is 4.69. The van der Waals surface area contributed by atoms with Gasteiger partial charge in [-0.25, -0.2) is 0 Å². The molecule has 0 radical (unpaired) electrons. The molecule has 0 fully saturated rings. The lowest BCUT2D eigenvalue weighted by molar-refractivity contribution is -0.130. The maximum absolute atomic E-state index is 11.6. The number of hydrogen-bond donors (Lipinski definition) is 3. The van der Waals surface area contributed by atoms with E-state index in [4.69, 9.17) is 5.73 Å². The Labute approximate surface area is 90.8 Å². The van der Waals surface area contributed by atoms with E-state index in [1.807, 2.05) is 20.8 Å². The zero-order valence-corrected chi connectivity index (χ0v) is 10.0. The Morgan fingerprint density at radius 2 is 1.67 bits per heavy atom. The van der Waals surface area contributed by atoms with E-state index in [0.29, 0.717) is 0 Å². The average Bonchev–Trinajstić information content (AvgIpc) is 2.13. The largest absolute Gasteiger partial charge is 0.357 e. The topological polar surface area (TPSA) is 84.2 Å². The molecule has 0 bridgehead atoms. The highest BCUT2D eigenvalue weighted by molar-refractivity contribution is 5.89. The normalized spacial score (nSPS) is 15.3. The highest BCUT2D eigenvalue weighted by Gasteiger charge is 2.28. The first kappa shape index (κ1) is 13.9. The van der Waals surface area contributed by atoms with E-state index in [2.05, 4.69) is 10.6 Å². The van der Waals surface area contributed by atoms with Gasteiger partial charge in [0, 0.05) is 7.05 Å². The second-order valence-electron chi connectivity index (χ2n) is 4.69. The lowest BCUT2D eigenvalue weighted by Gasteiger charge is -2.27. The van der Waals surface area contributed by atoms with E-state index in [0.717, 1.165) is 0 Å². The number of nitrogens with two attached hydrogens (primary N) is 1. The van der Waals surface area contributed by atoms with Gasteiger partial charge in [-0.1, -0.05) is 20.8 Å². The molecule has 2 atom stereocenters. The quantitative estimate of drug-likeness (QED) is 0.599. The molecule has 5 nitrogen and oxygen atoms in total. The summed E-state index contributed by atoms with van der Waals surface area (Å²) >= 11 is 0. The number of carbonyl (C=O) groups is 2. The Morgan fingerprint density at radius 3 is 2.00 bits per heavy atom. The van der Waals surface area contributed by atoms with Crippen molar-refractivity contribution in [2.75, 3.05) is 7.05 Å². The van der Waals surface area contributed by atoms with E-state index in [1.54, 1.807) is 6.92 Å². The van der Waals surface area contributed by atoms with Crippen LogP contribution in [0, 0.1) is 5.41 Å². The van der Waals surface area contributed by atoms with Gasteiger partial charge >= 0.3 is 0 Å². The molecule has 0 aromatic carbocycles. The minimum atomic E-state index is -0.621. The smallest absolute Gasteiger partial charge is 0.242 e. The van der Waals surface area contributed by atoms with E-state index in [-0.39, 0.29) is 17.2 Å². The highest BCUT2D eigenvalue weighted by Crippen LogP contribution is 2.17. The van der Waals surface area contributed by atoms with Crippen molar-refractivity contribution in [1.29, 1.82) is 0 Å². The van der Waals surface area contributed by atoms with E-state index in [9.17, 15) is 9.59 Å². The van der Waals surface area contributed by atoms with Gasteiger partial charge in [-0.2, -0.15) is 0 Å². The Balaban J connectivity index is 4.32. The number of nitrogens with one attached hydrogen (secondary N) is 2. The molecule has 0 aromatic rings. The predicted octanol–water partition coefficient (Wildman–Crippen LogP) is -0.389. The summed E-state index contributed by atoms with van der Waals surface area (Å²) in [6, 6.07) is -1.18. The first-order chi connectivity index (χ1) is 6.70. The van der Waals surface area contributed by atoms with Crippen LogP contribution in [0.5, 0.6) is 0 Å². The van der Waals surface area contributed by atoms with Crippen molar-refractivity contribution in [2.45, 2.75) is 39.8 Å². The summed E-state index contributed by atoms with van der Waals surface area (Å²) in [5.41, 5.74) is 5.43. The zero-order chi connectivity index (χ0) is 12.2. The van der Waals surface area contributed by atoms with Crippen LogP contribution >= 0.6 is 0 Å². The standard InChI is InChI=1S/C10H21N3O2/c1-6(8(14)12-5)13-9(15)7(11)10(2,3)4/h6-7H,11H2,1-5H3,(H,12,14)(H,13,15)/t6?,7-/m0/s1. The fourth-order valence-electron chi connectivity index (χ4n) is 0.979. The van der Waals surface area contributed by atoms with Gasteiger partial charge in [0.1, 0.15) is 6.04 Å². The van der Waals surface area contributed by atoms with Crippen LogP contribution in [0.4, 0.5) is 0 Å². The van der Waals surface area contributed by atoms with Gasteiger partial charge in [-0.3, -0.25) is 9.59 Å². The number of rotatable bonds is 3. The lowest BCUT2D eigenvalue weighted by Crippen LogP contribution is -2.53. The molecule has 0 rings (SSSR count). The van der Waals surface area contributed by atoms with Gasteiger partial charge in [0.25, 0.3) is 0 Å². The zero-order valence-electron chi connectivity index (χ0n) is 10.0. The van der Waals surface area contributed by atoms with Gasteiger partial charge in [0.2, 0.25) is 11.8 Å². The highest BCUT2D eigenvalue weighted by atomic mass is 16.2. The van der Waals surface area contributed by atoms with Crippen molar-refractivity contribution in [3.05, 3.63) is 0 Å². The number of likely N-dealkylation sites (N-methyl/N-ethyl adjacent to an activating group) is 1. The molecule has 0 aliphatic carbocycles. The number of hydrogen-bond acceptors (Lipinski definition) is 3. The molecule has 1 unspecified atom stereocenters. The third-order valence-corrected chi connectivity index (χ3v) is 2.21. The second kappa shape index (κ2) is 5.11. The molecular weight excluding hydrogens is 194 g/mol. The van der Waals surface area contributed by atoms with Crippen molar-refractivity contribution < 1.29 is 9.59 Å². The Bertz CT molecular complexity index is 246. The molecule has 15 heavy (non-hydrogen) atoms. The van der Waals surface area contributed by atoms with Crippen LogP contribution in [0.2, 0.25) is 0 Å². The Hall–Kier alpha value is -1.10. The van der Waals surface area contributed by atoms with Gasteiger partial charge in [-0.15, -0.1) is 0 Å². The van der Waals surface area contributed by atoms with E-state index >= 15 is 0 Å².